The molecular weight excluding hydrogens is 394 g/mol. The van der Waals surface area contributed by atoms with E-state index in [4.69, 9.17) is 0 Å². The van der Waals surface area contributed by atoms with Crippen LogP contribution in [-0.2, 0) is 0 Å². The Balaban J connectivity index is 0.000000384. The van der Waals surface area contributed by atoms with Crippen molar-refractivity contribution in [3.63, 3.8) is 0 Å². The van der Waals surface area contributed by atoms with E-state index in [1.807, 2.05) is 0 Å². The normalized spacial score (nSPS) is 9.32. The van der Waals surface area contributed by atoms with E-state index in [-0.39, 0.29) is 19.8 Å². The zero-order valence-electron chi connectivity index (χ0n) is 19.3. The molecule has 3 rings (SSSR count). The van der Waals surface area contributed by atoms with Gasteiger partial charge in [0.1, 0.15) is 0 Å². The van der Waals surface area contributed by atoms with Crippen molar-refractivity contribution in [2.24, 2.45) is 0 Å². The Morgan fingerprint density at radius 2 is 0.321 bits per heavy atom. The Kier molecular flexibility index (Phi) is 11.9. The van der Waals surface area contributed by atoms with E-state index in [0.29, 0.717) is 0 Å². The average molecular weight is 430 g/mol. The smallest absolute Gasteiger partial charge is 0 e. The maximum atomic E-state index is 2.19. The molecule has 0 amide bonds. The van der Waals surface area contributed by atoms with Crippen LogP contribution in [0.5, 0.6) is 0 Å². The molecule has 1 heteroatoms. The van der Waals surface area contributed by atoms with Gasteiger partial charge in [0.2, 0.25) is 0 Å². The third kappa shape index (κ3) is 11.2. The van der Waals surface area contributed by atoms with Crippen molar-refractivity contribution in [2.45, 2.75) is 62.3 Å². The quantitative estimate of drug-likeness (QED) is 0.325. The number of hydrogen-bond acceptors (Lipinski definition) is 0. The van der Waals surface area contributed by atoms with Crippen LogP contribution in [0.3, 0.4) is 0 Å². The summed E-state index contributed by atoms with van der Waals surface area (Å²) in [4.78, 5) is 0. The van der Waals surface area contributed by atoms with Gasteiger partial charge >= 0.3 is 0 Å². The van der Waals surface area contributed by atoms with Gasteiger partial charge in [0.25, 0.3) is 0 Å². The molecule has 0 atom stereocenters. The third-order valence-corrected chi connectivity index (χ3v) is 4.10. The first-order valence-electron chi connectivity index (χ1n) is 9.70. The average Bonchev–Trinajstić information content (AvgIpc) is 2.43. The molecule has 147 valence electrons. The Labute approximate surface area is 186 Å². The van der Waals surface area contributed by atoms with Crippen LogP contribution in [0, 0.1) is 62.3 Å². The summed E-state index contributed by atoms with van der Waals surface area (Å²) in [7, 11) is 0. The van der Waals surface area contributed by atoms with Gasteiger partial charge in [0.15, 0.2) is 0 Å². The Hall–Kier alpha value is -1.70. The summed E-state index contributed by atoms with van der Waals surface area (Å²) in [5, 5.41) is 0. The van der Waals surface area contributed by atoms with Crippen molar-refractivity contribution >= 4 is 19.8 Å². The number of hydrogen-bond donors (Lipinski definition) is 0. The molecule has 0 aromatic heterocycles. The first-order chi connectivity index (χ1) is 12.5. The zero-order chi connectivity index (χ0) is 20.6. The molecule has 0 bridgehead atoms. The van der Waals surface area contributed by atoms with E-state index < -0.39 is 0 Å². The minimum Gasteiger partial charge on any atom is -0.0564 e. The summed E-state index contributed by atoms with van der Waals surface area (Å²) in [5.41, 5.74) is 12.2. The molecule has 0 fully saturated rings. The fraction of sp³-hybridized carbons (Fsp3) is 0.333. The first kappa shape index (κ1) is 26.3. The van der Waals surface area contributed by atoms with Gasteiger partial charge in [-0.3, -0.25) is 0 Å². The van der Waals surface area contributed by atoms with Crippen LogP contribution in [0.15, 0.2) is 54.6 Å². The molecule has 0 N–H and O–H groups in total. The van der Waals surface area contributed by atoms with Gasteiger partial charge in [0.05, 0.1) is 0 Å². The molecule has 0 saturated carbocycles. The van der Waals surface area contributed by atoms with Crippen LogP contribution < -0.4 is 0 Å². The zero-order valence-corrected chi connectivity index (χ0v) is 21.7. The molecule has 3 aromatic rings. The largest absolute Gasteiger partial charge is 0.0564 e. The fourth-order valence-electron chi connectivity index (χ4n) is 3.61. The van der Waals surface area contributed by atoms with Crippen molar-refractivity contribution in [3.05, 3.63) is 105 Å². The van der Waals surface area contributed by atoms with Crippen LogP contribution in [0.1, 0.15) is 50.1 Å². The summed E-state index contributed by atoms with van der Waals surface area (Å²) in [6.45, 7) is 19.1. The van der Waals surface area contributed by atoms with Gasteiger partial charge in [-0.05, 0) is 62.3 Å². The summed E-state index contributed by atoms with van der Waals surface area (Å²) in [6.07, 6.45) is 0. The maximum Gasteiger partial charge on any atom is 0 e. The Morgan fingerprint density at radius 3 is 0.393 bits per heavy atom. The van der Waals surface area contributed by atoms with Gasteiger partial charge in [-0.25, -0.2) is 0 Å². The molecule has 0 nitrogen and oxygen atoms in total. The number of benzene rings is 3. The van der Waals surface area contributed by atoms with E-state index in [1.54, 1.807) is 0 Å². The second kappa shape index (κ2) is 12.7. The van der Waals surface area contributed by atoms with Crippen LogP contribution >= 0.6 is 0 Å². The molecule has 0 saturated heterocycles. The molecule has 28 heavy (non-hydrogen) atoms. The van der Waals surface area contributed by atoms with Crippen LogP contribution in [0.4, 0.5) is 0 Å². The monoisotopic (exact) mass is 429 g/mol. The molecule has 0 aliphatic heterocycles. The predicted octanol–water partition coefficient (Wildman–Crippen LogP) is 7.45. The van der Waals surface area contributed by atoms with Gasteiger partial charge in [0, 0.05) is 19.8 Å². The second-order valence-corrected chi connectivity index (χ2v) is 8.00. The molecule has 0 aliphatic carbocycles. The Bertz CT molecular complexity index is 606. The van der Waals surface area contributed by atoms with Crippen LogP contribution in [0.25, 0.3) is 0 Å². The Morgan fingerprint density at radius 1 is 0.250 bits per heavy atom. The summed E-state index contributed by atoms with van der Waals surface area (Å²) < 4.78 is 0. The maximum absolute atomic E-state index is 2.19. The minimum atomic E-state index is 0. The predicted molar refractivity (Wildman–Crippen MR) is 128 cm³/mol. The van der Waals surface area contributed by atoms with Crippen LogP contribution in [-0.4, -0.2) is 19.8 Å². The van der Waals surface area contributed by atoms with Gasteiger partial charge < -0.3 is 0 Å². The molecule has 0 unspecified atom stereocenters. The van der Waals surface area contributed by atoms with Crippen molar-refractivity contribution in [2.75, 3.05) is 0 Å². The third-order valence-electron chi connectivity index (χ3n) is 4.10. The second-order valence-electron chi connectivity index (χ2n) is 8.00. The minimum absolute atomic E-state index is 0. The summed E-state index contributed by atoms with van der Waals surface area (Å²) in [5.74, 6) is 0. The standard InChI is InChI=1S/3C9H12.Ga/c3*1-7-4-8(2)6-9(3)5-7;/h3*4-6H,1-3H3;. The molecule has 3 aromatic carbocycles. The summed E-state index contributed by atoms with van der Waals surface area (Å²) in [6, 6.07) is 19.7. The fourth-order valence-corrected chi connectivity index (χ4v) is 3.61. The van der Waals surface area contributed by atoms with Gasteiger partial charge in [-0.1, -0.05) is 105 Å². The summed E-state index contributed by atoms with van der Waals surface area (Å²) >= 11 is 0. The number of aryl methyl sites for hydroxylation is 9. The van der Waals surface area contributed by atoms with E-state index in [9.17, 15) is 0 Å². The molecular formula is C27H36Ga. The van der Waals surface area contributed by atoms with Crippen molar-refractivity contribution < 1.29 is 0 Å². The van der Waals surface area contributed by atoms with Crippen molar-refractivity contribution in [3.8, 4) is 0 Å². The van der Waals surface area contributed by atoms with Crippen molar-refractivity contribution in [1.82, 2.24) is 0 Å². The van der Waals surface area contributed by atoms with E-state index in [0.717, 1.165) is 0 Å². The van der Waals surface area contributed by atoms with E-state index >= 15 is 0 Å². The molecule has 0 heterocycles. The molecule has 0 aliphatic rings. The topological polar surface area (TPSA) is 0 Å². The molecule has 3 radical (unpaired) electrons. The first-order valence-corrected chi connectivity index (χ1v) is 9.70. The van der Waals surface area contributed by atoms with E-state index in [1.165, 1.54) is 50.1 Å². The number of rotatable bonds is 0. The van der Waals surface area contributed by atoms with Crippen molar-refractivity contribution in [1.29, 1.82) is 0 Å². The van der Waals surface area contributed by atoms with Gasteiger partial charge in [-0.2, -0.15) is 0 Å². The van der Waals surface area contributed by atoms with E-state index in [2.05, 4.69) is 117 Å². The van der Waals surface area contributed by atoms with Crippen LogP contribution in [0.2, 0.25) is 0 Å². The van der Waals surface area contributed by atoms with Gasteiger partial charge in [-0.15, -0.1) is 0 Å². The molecule has 0 spiro atoms. The SMILES string of the molecule is Cc1cc(C)cc(C)c1.Cc1cc(C)cc(C)c1.Cc1cc(C)cc(C)c1.[Ga].